The van der Waals surface area contributed by atoms with E-state index >= 15 is 0 Å². The number of primary amides is 1. The zero-order valence-electron chi connectivity index (χ0n) is 8.77. The van der Waals surface area contributed by atoms with Gasteiger partial charge in [0.05, 0.1) is 0 Å². The monoisotopic (exact) mass is 206 g/mol. The number of urea groups is 1. The van der Waals surface area contributed by atoms with Crippen LogP contribution in [0.1, 0.15) is 5.56 Å². The summed E-state index contributed by atoms with van der Waals surface area (Å²) in [5, 5.41) is 8.20. The molecule has 0 saturated heterocycles. The highest BCUT2D eigenvalue weighted by Crippen LogP contribution is 1.99. The second-order valence-corrected chi connectivity index (χ2v) is 3.15. The second-order valence-electron chi connectivity index (χ2n) is 3.15. The number of rotatable bonds is 2. The smallest absolute Gasteiger partial charge is 0.317 e. The first-order chi connectivity index (χ1) is 7.09. The first kappa shape index (κ1) is 11.0. The number of benzene rings is 1. The molecule has 0 saturated carbocycles. The van der Waals surface area contributed by atoms with Crippen LogP contribution in [0, 0.1) is 0 Å². The van der Waals surface area contributed by atoms with E-state index in [9.17, 15) is 4.79 Å². The van der Waals surface area contributed by atoms with Crippen molar-refractivity contribution in [2.45, 2.75) is 0 Å². The molecule has 0 aromatic heterocycles. The van der Waals surface area contributed by atoms with E-state index in [1.807, 2.05) is 30.3 Å². The van der Waals surface area contributed by atoms with Gasteiger partial charge in [0.25, 0.3) is 0 Å². The van der Waals surface area contributed by atoms with Gasteiger partial charge in [-0.1, -0.05) is 30.3 Å². The Balaban J connectivity index is 2.96. The van der Waals surface area contributed by atoms with Crippen molar-refractivity contribution < 1.29 is 4.79 Å². The highest BCUT2D eigenvalue weighted by atomic mass is 16.2. The summed E-state index contributed by atoms with van der Waals surface area (Å²) in [7, 11) is 3.54. The fraction of sp³-hybridized carbons (Fsp3) is 0.200. The number of amides is 2. The molecule has 0 unspecified atom stereocenters. The molecule has 0 bridgehead atoms. The van der Waals surface area contributed by atoms with E-state index in [-0.39, 0.29) is 0 Å². The van der Waals surface area contributed by atoms with Crippen molar-refractivity contribution in [3.8, 4) is 0 Å². The maximum Gasteiger partial charge on any atom is 0.317 e. The molecular weight excluding hydrogens is 192 g/mol. The Hall–Kier alpha value is -2.04. The predicted molar refractivity (Wildman–Crippen MR) is 59.4 cm³/mol. The summed E-state index contributed by atoms with van der Waals surface area (Å²) in [6.07, 6.45) is 0. The van der Waals surface area contributed by atoms with Crippen LogP contribution in [-0.2, 0) is 0 Å². The molecule has 80 valence electrons. The lowest BCUT2D eigenvalue weighted by molar-refractivity contribution is 0.253. The van der Waals surface area contributed by atoms with Gasteiger partial charge in [-0.25, -0.2) is 4.79 Å². The van der Waals surface area contributed by atoms with Crippen molar-refractivity contribution in [3.05, 3.63) is 35.9 Å². The number of hydrogen-bond acceptors (Lipinski definition) is 3. The fourth-order valence-electron chi connectivity index (χ4n) is 1.07. The molecule has 0 aliphatic carbocycles. The summed E-state index contributed by atoms with van der Waals surface area (Å²) < 4.78 is 0. The van der Waals surface area contributed by atoms with Gasteiger partial charge in [0.1, 0.15) is 0 Å². The topological polar surface area (TPSA) is 70.7 Å². The molecule has 15 heavy (non-hydrogen) atoms. The number of hydrazone groups is 1. The van der Waals surface area contributed by atoms with Gasteiger partial charge >= 0.3 is 6.03 Å². The molecule has 0 fully saturated rings. The van der Waals surface area contributed by atoms with Crippen molar-refractivity contribution in [1.82, 2.24) is 10.3 Å². The number of hydrogen-bond donors (Lipinski definition) is 2. The van der Waals surface area contributed by atoms with E-state index in [4.69, 9.17) is 5.73 Å². The average molecular weight is 206 g/mol. The highest BCUT2D eigenvalue weighted by Gasteiger charge is 2.05. The molecule has 0 aliphatic heterocycles. The van der Waals surface area contributed by atoms with Crippen LogP contribution < -0.4 is 11.1 Å². The molecule has 1 aromatic rings. The maximum atomic E-state index is 10.8. The summed E-state index contributed by atoms with van der Waals surface area (Å²) in [4.78, 5) is 10.8. The maximum absolute atomic E-state index is 10.8. The molecule has 1 aromatic carbocycles. The third-order valence-corrected chi connectivity index (χ3v) is 1.59. The number of nitrogens with zero attached hydrogens (tertiary/aromatic N) is 2. The van der Waals surface area contributed by atoms with Gasteiger partial charge in [-0.05, 0) is 0 Å². The molecule has 5 heteroatoms. The average Bonchev–Trinajstić information content (AvgIpc) is 2.17. The third kappa shape index (κ3) is 3.68. The number of nitrogens with two attached hydrogens (primary N) is 1. The minimum Gasteiger partial charge on any atom is -0.351 e. The van der Waals surface area contributed by atoms with E-state index in [2.05, 4.69) is 10.4 Å². The largest absolute Gasteiger partial charge is 0.351 e. The Morgan fingerprint density at radius 2 is 1.93 bits per heavy atom. The molecule has 3 N–H and O–H groups in total. The van der Waals surface area contributed by atoms with Gasteiger partial charge in [-0.15, -0.1) is 0 Å². The Morgan fingerprint density at radius 3 is 2.40 bits per heavy atom. The normalized spacial score (nSPS) is 10.9. The van der Waals surface area contributed by atoms with Crippen LogP contribution in [0.25, 0.3) is 0 Å². The van der Waals surface area contributed by atoms with Gasteiger partial charge in [0, 0.05) is 19.7 Å². The summed E-state index contributed by atoms with van der Waals surface area (Å²) in [5.74, 6) is 0.438. The van der Waals surface area contributed by atoms with Gasteiger partial charge in [-0.3, -0.25) is 5.32 Å². The predicted octanol–water partition coefficient (Wildman–Crippen LogP) is 0.578. The van der Waals surface area contributed by atoms with Crippen molar-refractivity contribution in [1.29, 1.82) is 0 Å². The molecule has 0 spiro atoms. The number of carbonyl (C=O) groups excluding carboxylic acids is 1. The standard InChI is InChI=1S/C10H14N4O/c1-14(2)13-9(12-10(11)15)8-6-4-3-5-7-8/h3-7H,1-2H3,(H3,11,12,13,15). The Morgan fingerprint density at radius 1 is 1.33 bits per heavy atom. The van der Waals surface area contributed by atoms with E-state index in [0.29, 0.717) is 5.84 Å². The Bertz CT molecular complexity index is 359. The van der Waals surface area contributed by atoms with Crippen molar-refractivity contribution in [2.75, 3.05) is 14.1 Å². The lowest BCUT2D eigenvalue weighted by atomic mass is 10.2. The molecule has 0 atom stereocenters. The fourth-order valence-corrected chi connectivity index (χ4v) is 1.07. The van der Waals surface area contributed by atoms with E-state index in [1.165, 1.54) is 0 Å². The van der Waals surface area contributed by atoms with Crippen molar-refractivity contribution >= 4 is 11.9 Å². The zero-order valence-corrected chi connectivity index (χ0v) is 8.77. The number of amidine groups is 1. The Labute approximate surface area is 88.6 Å². The van der Waals surface area contributed by atoms with Gasteiger partial charge < -0.3 is 10.7 Å². The zero-order chi connectivity index (χ0) is 11.3. The van der Waals surface area contributed by atoms with Gasteiger partial charge in [-0.2, -0.15) is 5.10 Å². The van der Waals surface area contributed by atoms with E-state index in [0.717, 1.165) is 5.56 Å². The van der Waals surface area contributed by atoms with Crippen LogP contribution >= 0.6 is 0 Å². The van der Waals surface area contributed by atoms with Crippen molar-refractivity contribution in [3.63, 3.8) is 0 Å². The molecule has 1 rings (SSSR count). The van der Waals surface area contributed by atoms with Gasteiger partial charge in [0.15, 0.2) is 5.84 Å². The molecule has 2 amide bonds. The molecular formula is C10H14N4O. The lowest BCUT2D eigenvalue weighted by Gasteiger charge is -2.10. The van der Waals surface area contributed by atoms with Crippen LogP contribution in [0.4, 0.5) is 4.79 Å². The molecule has 0 radical (unpaired) electrons. The SMILES string of the molecule is CN(C)/N=C(\NC(N)=O)c1ccccc1. The summed E-state index contributed by atoms with van der Waals surface area (Å²) >= 11 is 0. The van der Waals surface area contributed by atoms with Crippen LogP contribution in [0.5, 0.6) is 0 Å². The van der Waals surface area contributed by atoms with Crippen molar-refractivity contribution in [2.24, 2.45) is 10.8 Å². The highest BCUT2D eigenvalue weighted by molar-refractivity contribution is 6.07. The van der Waals surface area contributed by atoms with Gasteiger partial charge in [0.2, 0.25) is 0 Å². The van der Waals surface area contributed by atoms with Crippen LogP contribution in [-0.4, -0.2) is 31.0 Å². The summed E-state index contributed by atoms with van der Waals surface area (Å²) in [6.45, 7) is 0. The van der Waals surface area contributed by atoms with E-state index in [1.54, 1.807) is 19.1 Å². The first-order valence-corrected chi connectivity index (χ1v) is 4.47. The second kappa shape index (κ2) is 4.99. The van der Waals surface area contributed by atoms with E-state index < -0.39 is 6.03 Å². The molecule has 0 aliphatic rings. The Kier molecular flexibility index (Phi) is 3.68. The molecule has 0 heterocycles. The first-order valence-electron chi connectivity index (χ1n) is 4.47. The number of carbonyl (C=O) groups is 1. The van der Waals surface area contributed by atoms with Crippen LogP contribution in [0.15, 0.2) is 35.4 Å². The summed E-state index contributed by atoms with van der Waals surface area (Å²) in [6, 6.07) is 8.68. The lowest BCUT2D eigenvalue weighted by Crippen LogP contribution is -2.36. The number of nitrogens with one attached hydrogen (secondary N) is 1. The minimum atomic E-state index is -0.626. The van der Waals surface area contributed by atoms with Crippen LogP contribution in [0.3, 0.4) is 0 Å². The quantitative estimate of drug-likeness (QED) is 0.422. The molecule has 5 nitrogen and oxygen atoms in total. The summed E-state index contributed by atoms with van der Waals surface area (Å²) in [5.41, 5.74) is 5.87. The third-order valence-electron chi connectivity index (χ3n) is 1.59. The minimum absolute atomic E-state index is 0.438. The van der Waals surface area contributed by atoms with Crippen LogP contribution in [0.2, 0.25) is 0 Å².